The van der Waals surface area contributed by atoms with Crippen LogP contribution in [-0.2, 0) is 0 Å². The van der Waals surface area contributed by atoms with Crippen LogP contribution in [0.2, 0.25) is 0 Å². The van der Waals surface area contributed by atoms with Crippen molar-refractivity contribution in [2.24, 2.45) is 0 Å². The predicted octanol–water partition coefficient (Wildman–Crippen LogP) is 3.37. The fraction of sp³-hybridized carbons (Fsp3) is 0.294. The molecule has 1 aromatic carbocycles. The number of aryl methyl sites for hydroxylation is 1. The molecule has 0 N–H and O–H groups in total. The molecular formula is C17H18N2O. The van der Waals surface area contributed by atoms with Crippen LogP contribution in [0.1, 0.15) is 40.5 Å². The van der Waals surface area contributed by atoms with E-state index in [4.69, 9.17) is 0 Å². The third-order valence-corrected chi connectivity index (χ3v) is 3.85. The lowest BCUT2D eigenvalue weighted by molar-refractivity contribution is 0.0735. The van der Waals surface area contributed by atoms with Crippen molar-refractivity contribution in [1.82, 2.24) is 9.88 Å². The molecule has 1 fully saturated rings. The van der Waals surface area contributed by atoms with Gasteiger partial charge < -0.3 is 4.90 Å². The number of hydrogen-bond acceptors (Lipinski definition) is 2. The summed E-state index contributed by atoms with van der Waals surface area (Å²) in [6, 6.07) is 13.8. The molecule has 0 radical (unpaired) electrons. The van der Waals surface area contributed by atoms with Crippen molar-refractivity contribution < 1.29 is 4.79 Å². The highest BCUT2D eigenvalue weighted by Crippen LogP contribution is 2.32. The number of benzene rings is 1. The fourth-order valence-corrected chi connectivity index (χ4v) is 2.78. The zero-order valence-corrected chi connectivity index (χ0v) is 11.6. The lowest BCUT2D eigenvalue weighted by atomic mass is 10.1. The summed E-state index contributed by atoms with van der Waals surface area (Å²) in [5, 5.41) is 0. The normalized spacial score (nSPS) is 18.2. The molecule has 3 nitrogen and oxygen atoms in total. The van der Waals surface area contributed by atoms with E-state index in [9.17, 15) is 4.79 Å². The first-order valence-electron chi connectivity index (χ1n) is 7.04. The van der Waals surface area contributed by atoms with E-state index in [0.29, 0.717) is 0 Å². The van der Waals surface area contributed by atoms with Crippen LogP contribution in [0.3, 0.4) is 0 Å². The summed E-state index contributed by atoms with van der Waals surface area (Å²) in [7, 11) is 0. The molecule has 0 saturated carbocycles. The van der Waals surface area contributed by atoms with Gasteiger partial charge in [-0.05, 0) is 43.5 Å². The Morgan fingerprint density at radius 3 is 2.70 bits per heavy atom. The minimum absolute atomic E-state index is 0.119. The number of likely N-dealkylation sites (tertiary alicyclic amines) is 1. The number of carbonyl (C=O) groups is 1. The van der Waals surface area contributed by atoms with Gasteiger partial charge in [0.1, 0.15) is 0 Å². The van der Waals surface area contributed by atoms with Gasteiger partial charge >= 0.3 is 0 Å². The summed E-state index contributed by atoms with van der Waals surface area (Å²) in [6.07, 6.45) is 3.97. The van der Waals surface area contributed by atoms with Crippen LogP contribution in [0.5, 0.6) is 0 Å². The van der Waals surface area contributed by atoms with Crippen LogP contribution >= 0.6 is 0 Å². The van der Waals surface area contributed by atoms with E-state index < -0.39 is 0 Å². The average Bonchev–Trinajstić information content (AvgIpc) is 2.97. The monoisotopic (exact) mass is 266 g/mol. The highest BCUT2D eigenvalue weighted by Gasteiger charge is 2.30. The van der Waals surface area contributed by atoms with E-state index in [1.54, 1.807) is 0 Å². The summed E-state index contributed by atoms with van der Waals surface area (Å²) >= 11 is 0. The summed E-state index contributed by atoms with van der Waals surface area (Å²) in [4.78, 5) is 18.9. The smallest absolute Gasteiger partial charge is 0.254 e. The Bertz CT molecular complexity index is 592. The van der Waals surface area contributed by atoms with E-state index in [1.165, 1.54) is 0 Å². The maximum absolute atomic E-state index is 12.6. The van der Waals surface area contributed by atoms with Gasteiger partial charge in [0.05, 0.1) is 6.04 Å². The number of nitrogens with zero attached hydrogens (tertiary/aromatic N) is 2. The molecule has 1 saturated heterocycles. The summed E-state index contributed by atoms with van der Waals surface area (Å²) < 4.78 is 0. The van der Waals surface area contributed by atoms with E-state index >= 15 is 0 Å². The third kappa shape index (κ3) is 2.44. The second-order valence-corrected chi connectivity index (χ2v) is 5.26. The number of hydrogen-bond donors (Lipinski definition) is 0. The predicted molar refractivity (Wildman–Crippen MR) is 78.4 cm³/mol. The Kier molecular flexibility index (Phi) is 3.50. The molecule has 102 valence electrons. The van der Waals surface area contributed by atoms with Gasteiger partial charge in [0, 0.05) is 24.0 Å². The number of carbonyl (C=O) groups excluding carboxylic acids is 1. The summed E-state index contributed by atoms with van der Waals surface area (Å²) in [5.74, 6) is 0.119. The van der Waals surface area contributed by atoms with Crippen molar-refractivity contribution in [3.8, 4) is 0 Å². The zero-order valence-electron chi connectivity index (χ0n) is 11.6. The Hall–Kier alpha value is -2.16. The molecule has 2 heterocycles. The number of pyridine rings is 1. The molecule has 20 heavy (non-hydrogen) atoms. The Morgan fingerprint density at radius 1 is 1.20 bits per heavy atom. The van der Waals surface area contributed by atoms with Crippen molar-refractivity contribution in [3.63, 3.8) is 0 Å². The maximum atomic E-state index is 12.6. The number of rotatable bonds is 2. The Labute approximate surface area is 119 Å². The van der Waals surface area contributed by atoms with Gasteiger partial charge in [-0.1, -0.05) is 24.3 Å². The standard InChI is InChI=1S/C17H18N2O/c1-13-9-10-15(12-18-13)16-8-5-11-19(16)17(20)14-6-3-2-4-7-14/h2-4,6-7,9-10,12,16H,5,8,11H2,1H3/t16-/m0/s1. The molecule has 1 aliphatic rings. The first kappa shape index (κ1) is 12.9. The van der Waals surface area contributed by atoms with Crippen LogP contribution in [0.25, 0.3) is 0 Å². The molecule has 0 bridgehead atoms. The third-order valence-electron chi connectivity index (χ3n) is 3.85. The van der Waals surface area contributed by atoms with Gasteiger partial charge in [-0.3, -0.25) is 9.78 Å². The lowest BCUT2D eigenvalue weighted by Crippen LogP contribution is -2.30. The average molecular weight is 266 g/mol. The van der Waals surface area contributed by atoms with E-state index in [0.717, 1.165) is 36.2 Å². The van der Waals surface area contributed by atoms with Gasteiger partial charge in [0.15, 0.2) is 0 Å². The molecule has 2 aromatic rings. The van der Waals surface area contributed by atoms with Gasteiger partial charge in [0.25, 0.3) is 5.91 Å². The molecule has 0 spiro atoms. The lowest BCUT2D eigenvalue weighted by Gasteiger charge is -2.25. The second-order valence-electron chi connectivity index (χ2n) is 5.26. The van der Waals surface area contributed by atoms with E-state index in [1.807, 2.05) is 54.4 Å². The van der Waals surface area contributed by atoms with Gasteiger partial charge in [-0.15, -0.1) is 0 Å². The molecular weight excluding hydrogens is 248 g/mol. The van der Waals surface area contributed by atoms with Crippen LogP contribution in [0, 0.1) is 6.92 Å². The first-order chi connectivity index (χ1) is 9.75. The van der Waals surface area contributed by atoms with Gasteiger partial charge in [-0.25, -0.2) is 0 Å². The summed E-state index contributed by atoms with van der Waals surface area (Å²) in [5.41, 5.74) is 2.91. The van der Waals surface area contributed by atoms with E-state index in [-0.39, 0.29) is 11.9 Å². The first-order valence-corrected chi connectivity index (χ1v) is 7.04. The van der Waals surface area contributed by atoms with Crippen LogP contribution in [0.4, 0.5) is 0 Å². The molecule has 1 atom stereocenters. The van der Waals surface area contributed by atoms with Crippen LogP contribution in [-0.4, -0.2) is 22.3 Å². The van der Waals surface area contributed by atoms with Crippen molar-refractivity contribution >= 4 is 5.91 Å². The zero-order chi connectivity index (χ0) is 13.9. The maximum Gasteiger partial charge on any atom is 0.254 e. The minimum atomic E-state index is 0.119. The molecule has 1 aliphatic heterocycles. The molecule has 3 rings (SSSR count). The SMILES string of the molecule is Cc1ccc([C@@H]2CCCN2C(=O)c2ccccc2)cn1. The molecule has 1 aromatic heterocycles. The van der Waals surface area contributed by atoms with Crippen molar-refractivity contribution in [2.45, 2.75) is 25.8 Å². The Balaban J connectivity index is 1.86. The molecule has 0 unspecified atom stereocenters. The number of amides is 1. The number of aromatic nitrogens is 1. The van der Waals surface area contributed by atoms with Gasteiger partial charge in [0.2, 0.25) is 0 Å². The highest BCUT2D eigenvalue weighted by atomic mass is 16.2. The summed E-state index contributed by atoms with van der Waals surface area (Å²) in [6.45, 7) is 2.80. The van der Waals surface area contributed by atoms with Crippen LogP contribution < -0.4 is 0 Å². The second kappa shape index (κ2) is 5.45. The van der Waals surface area contributed by atoms with Crippen molar-refractivity contribution in [1.29, 1.82) is 0 Å². The van der Waals surface area contributed by atoms with E-state index in [2.05, 4.69) is 11.1 Å². The largest absolute Gasteiger partial charge is 0.332 e. The Morgan fingerprint density at radius 2 is 2.00 bits per heavy atom. The molecule has 1 amide bonds. The molecule has 3 heteroatoms. The highest BCUT2D eigenvalue weighted by molar-refractivity contribution is 5.94. The van der Waals surface area contributed by atoms with Crippen molar-refractivity contribution in [2.75, 3.05) is 6.54 Å². The van der Waals surface area contributed by atoms with Crippen molar-refractivity contribution in [3.05, 3.63) is 65.5 Å². The van der Waals surface area contributed by atoms with Gasteiger partial charge in [-0.2, -0.15) is 0 Å². The minimum Gasteiger partial charge on any atom is -0.332 e. The fourth-order valence-electron chi connectivity index (χ4n) is 2.78. The topological polar surface area (TPSA) is 33.2 Å². The quantitative estimate of drug-likeness (QED) is 0.835. The molecule has 0 aliphatic carbocycles. The van der Waals surface area contributed by atoms with Crippen LogP contribution in [0.15, 0.2) is 48.7 Å².